The molecule has 9 heteroatoms. The molecule has 1 heterocycles. The van der Waals surface area contributed by atoms with Crippen molar-refractivity contribution in [3.05, 3.63) is 29.3 Å². The van der Waals surface area contributed by atoms with Crippen molar-refractivity contribution < 1.29 is 75.9 Å². The van der Waals surface area contributed by atoms with Crippen molar-refractivity contribution in [1.82, 2.24) is 0 Å². The molecule has 0 radical (unpaired) electrons. The molecule has 4 aliphatic rings. The molecule has 8 nitrogen and oxygen atoms in total. The Labute approximate surface area is 221 Å². The second kappa shape index (κ2) is 9.22. The van der Waals surface area contributed by atoms with Crippen molar-refractivity contribution in [2.45, 2.75) is 82.0 Å². The number of aliphatic carboxylic acids is 1. The summed E-state index contributed by atoms with van der Waals surface area (Å²) >= 11 is 0. The molecule has 33 heavy (non-hydrogen) atoms. The van der Waals surface area contributed by atoms with Gasteiger partial charge in [0, 0.05) is 18.7 Å². The molecular weight excluding hydrogens is 439 g/mol. The molecule has 9 atom stereocenters. The molecule has 5 rings (SSSR count). The largest absolute Gasteiger partial charge is 1.00 e. The SMILES string of the molecule is [2H]C1([2H])c2cc(O[C@@H]3O[C@H](C(=O)[O-])[C@@H](O)C(O)C3O)ccc2[C@@]2([2H])CC[C@]3(C)C(=O)CC[C@H]3[C@@H]2C1([2H])[2H].[Na+]. The van der Waals surface area contributed by atoms with Gasteiger partial charge < -0.3 is 34.7 Å². The van der Waals surface area contributed by atoms with E-state index in [2.05, 4.69) is 0 Å². The first-order valence-corrected chi connectivity index (χ1v) is 10.8. The zero-order valence-electron chi connectivity index (χ0n) is 23.5. The van der Waals surface area contributed by atoms with Gasteiger partial charge in [0.05, 0.1) is 5.97 Å². The molecule has 3 fully saturated rings. The molecule has 0 spiro atoms. The van der Waals surface area contributed by atoms with E-state index in [0.29, 0.717) is 12.8 Å². The van der Waals surface area contributed by atoms with Crippen molar-refractivity contribution in [1.29, 1.82) is 0 Å². The average molecular weight is 474 g/mol. The maximum absolute atomic E-state index is 12.7. The third-order valence-corrected chi connectivity index (χ3v) is 7.58. The summed E-state index contributed by atoms with van der Waals surface area (Å²) in [6.07, 6.45) is -13.4. The number of aryl methyl sites for hydroxylation is 1. The van der Waals surface area contributed by atoms with Crippen LogP contribution in [0.2, 0.25) is 0 Å². The summed E-state index contributed by atoms with van der Waals surface area (Å²) in [7, 11) is 0. The summed E-state index contributed by atoms with van der Waals surface area (Å²) in [6.45, 7) is 1.80. The van der Waals surface area contributed by atoms with E-state index >= 15 is 0 Å². The molecule has 0 aromatic heterocycles. The van der Waals surface area contributed by atoms with Crippen LogP contribution in [0, 0.1) is 17.3 Å². The summed E-state index contributed by atoms with van der Waals surface area (Å²) in [6, 6.07) is 4.01. The van der Waals surface area contributed by atoms with E-state index in [4.69, 9.17) is 15.0 Å². The van der Waals surface area contributed by atoms with Gasteiger partial charge in [-0.05, 0) is 73.0 Å². The average Bonchev–Trinajstić information content (AvgIpc) is 3.12. The molecule has 3 N–H and O–H groups in total. The van der Waals surface area contributed by atoms with Gasteiger partial charge in [0.2, 0.25) is 6.29 Å². The van der Waals surface area contributed by atoms with E-state index in [9.17, 15) is 31.4 Å². The number of hydrogen-bond donors (Lipinski definition) is 3. The molecule has 1 saturated heterocycles. The maximum atomic E-state index is 12.7. The van der Waals surface area contributed by atoms with E-state index in [-0.39, 0.29) is 65.1 Å². The van der Waals surface area contributed by atoms with Crippen LogP contribution in [0.3, 0.4) is 0 Å². The number of fused-ring (bicyclic) bond motifs is 5. The predicted molar refractivity (Wildman–Crippen MR) is 108 cm³/mol. The van der Waals surface area contributed by atoms with Crippen molar-refractivity contribution in [3.8, 4) is 5.75 Å². The number of aliphatic hydroxyl groups excluding tert-OH is 3. The summed E-state index contributed by atoms with van der Waals surface area (Å²) in [5, 5.41) is 41.4. The number of carbonyl (C=O) groups excluding carboxylic acids is 2. The molecule has 1 aliphatic heterocycles. The van der Waals surface area contributed by atoms with Gasteiger partial charge in [0.1, 0.15) is 35.9 Å². The Morgan fingerprint density at radius 2 is 2.03 bits per heavy atom. The van der Waals surface area contributed by atoms with Crippen LogP contribution < -0.4 is 39.4 Å². The molecule has 174 valence electrons. The Morgan fingerprint density at radius 3 is 2.76 bits per heavy atom. The van der Waals surface area contributed by atoms with Crippen LogP contribution in [0.15, 0.2) is 18.2 Å². The van der Waals surface area contributed by atoms with E-state index in [1.165, 1.54) is 18.2 Å². The number of Topliss-reactive ketones (excluding diaryl/α,β-unsaturated/α-hetero) is 1. The Morgan fingerprint density at radius 1 is 1.27 bits per heavy atom. The second-order valence-electron chi connectivity index (χ2n) is 9.30. The standard InChI is InChI=1S/C24H30O8.Na/c1-24-9-8-14-13-5-3-12(10-11(13)2-4-15(14)16(24)6-7-17(24)25)31-23-20(28)18(26)19(27)21(32-23)22(29)30;/h3,5,10,14-16,18-21,23,26-28H,2,4,6-9H2,1H3,(H,29,30);/q;+1/p-1/t14-,15-,16+,18?,19+,20?,21+,23-,24+;/m1./s1/i2D2,4D2,14D;. The van der Waals surface area contributed by atoms with Crippen molar-refractivity contribution >= 4 is 11.8 Å². The van der Waals surface area contributed by atoms with Crippen LogP contribution in [0.4, 0.5) is 0 Å². The number of carbonyl (C=O) groups is 2. The van der Waals surface area contributed by atoms with Crippen molar-refractivity contribution in [3.63, 3.8) is 0 Å². The monoisotopic (exact) mass is 473 g/mol. The summed E-state index contributed by atoms with van der Waals surface area (Å²) in [5.41, 5.74) is -0.648. The molecule has 2 unspecified atom stereocenters. The van der Waals surface area contributed by atoms with Crippen LogP contribution in [0.5, 0.6) is 5.75 Å². The van der Waals surface area contributed by atoms with Crippen LogP contribution in [-0.2, 0) is 20.7 Å². The maximum Gasteiger partial charge on any atom is 1.00 e. The first kappa shape index (κ1) is 19.2. The number of carboxylic acid groups (broad SMARTS) is 1. The zero-order valence-corrected chi connectivity index (χ0v) is 20.5. The first-order valence-electron chi connectivity index (χ1n) is 13.3. The van der Waals surface area contributed by atoms with Crippen LogP contribution in [-0.4, -0.2) is 57.8 Å². The first-order chi connectivity index (χ1) is 17.1. The van der Waals surface area contributed by atoms with Gasteiger partial charge in [-0.15, -0.1) is 0 Å². The number of ketones is 1. The molecule has 3 aliphatic carbocycles. The Kier molecular flexibility index (Phi) is 5.37. The van der Waals surface area contributed by atoms with Gasteiger partial charge in [-0.3, -0.25) is 4.79 Å². The number of rotatable bonds is 3. The van der Waals surface area contributed by atoms with E-state index in [1.54, 1.807) is 6.92 Å². The van der Waals surface area contributed by atoms with Crippen LogP contribution in [0.25, 0.3) is 0 Å². The minimum absolute atomic E-state index is 0. The smallest absolute Gasteiger partial charge is 0.547 e. The minimum Gasteiger partial charge on any atom is -0.547 e. The molecular formula is C24H29NaO8. The summed E-state index contributed by atoms with van der Waals surface area (Å²) < 4.78 is 55.5. The summed E-state index contributed by atoms with van der Waals surface area (Å²) in [4.78, 5) is 24.0. The number of carboxylic acids is 1. The molecule has 1 aromatic rings. The topological polar surface area (TPSA) is 136 Å². The van der Waals surface area contributed by atoms with Crippen molar-refractivity contribution in [2.24, 2.45) is 17.3 Å². The Balaban J connectivity index is 0.00000336. The number of hydrogen-bond acceptors (Lipinski definition) is 8. The van der Waals surface area contributed by atoms with Gasteiger partial charge in [0.15, 0.2) is 0 Å². The van der Waals surface area contributed by atoms with Gasteiger partial charge in [-0.1, -0.05) is 13.0 Å². The summed E-state index contributed by atoms with van der Waals surface area (Å²) in [5.74, 6) is -4.98. The fourth-order valence-electron chi connectivity index (χ4n) is 5.65. The number of benzene rings is 1. The van der Waals surface area contributed by atoms with Crippen LogP contribution in [0.1, 0.15) is 62.9 Å². The fraction of sp³-hybridized carbons (Fsp3) is 0.667. The molecule has 2 saturated carbocycles. The van der Waals surface area contributed by atoms with Crippen molar-refractivity contribution in [2.75, 3.05) is 0 Å². The third-order valence-electron chi connectivity index (χ3n) is 7.58. The van der Waals surface area contributed by atoms with Gasteiger partial charge in [-0.25, -0.2) is 0 Å². The van der Waals surface area contributed by atoms with Gasteiger partial charge in [-0.2, -0.15) is 0 Å². The number of aliphatic hydroxyl groups is 3. The Bertz CT molecular complexity index is 1150. The minimum atomic E-state index is -2.59. The zero-order chi connectivity index (χ0) is 27.3. The second-order valence-corrected chi connectivity index (χ2v) is 9.30. The van der Waals surface area contributed by atoms with Crippen LogP contribution >= 0.6 is 0 Å². The fourth-order valence-corrected chi connectivity index (χ4v) is 5.65. The molecule has 0 bridgehead atoms. The Hall–Kier alpha value is -1.000. The van der Waals surface area contributed by atoms with Gasteiger partial charge in [0.25, 0.3) is 0 Å². The van der Waals surface area contributed by atoms with E-state index < -0.39 is 72.6 Å². The quantitative estimate of drug-likeness (QED) is 0.397. The third kappa shape index (κ3) is 4.07. The van der Waals surface area contributed by atoms with Gasteiger partial charge >= 0.3 is 29.6 Å². The molecule has 0 amide bonds. The normalized spacial score (nSPS) is 49.4. The predicted octanol–water partition coefficient (Wildman–Crippen LogP) is -2.95. The van der Waals surface area contributed by atoms with E-state index in [0.717, 1.165) is 0 Å². The van der Waals surface area contributed by atoms with E-state index in [1.807, 2.05) is 0 Å². The number of ether oxygens (including phenoxy) is 2. The molecule has 1 aromatic carbocycles.